The molecule has 1 aromatic carbocycles. The number of nitrogens with zero attached hydrogens (tertiary/aromatic N) is 1. The Hall–Kier alpha value is -3.45. The third-order valence-electron chi connectivity index (χ3n) is 9.46. The van der Waals surface area contributed by atoms with E-state index in [1.807, 2.05) is 0 Å². The predicted molar refractivity (Wildman–Crippen MR) is 142 cm³/mol. The fourth-order valence-electron chi connectivity index (χ4n) is 7.68. The van der Waals surface area contributed by atoms with Crippen LogP contribution in [0.4, 0.5) is 17.6 Å². The van der Waals surface area contributed by atoms with E-state index in [-0.39, 0.29) is 74.2 Å². The molecule has 1 unspecified atom stereocenters. The molecule has 13 heteroatoms. The van der Waals surface area contributed by atoms with Crippen molar-refractivity contribution in [2.24, 2.45) is 17.1 Å². The predicted octanol–water partition coefficient (Wildman–Crippen LogP) is 4.12. The van der Waals surface area contributed by atoms with Gasteiger partial charge in [0.15, 0.2) is 11.4 Å². The number of Topliss-reactive ketones (excluding diaryl/α,β-unsaturated/α-hetero) is 1. The Morgan fingerprint density at radius 3 is 2.50 bits per heavy atom. The van der Waals surface area contributed by atoms with Crippen LogP contribution in [0, 0.1) is 16.7 Å². The number of aliphatic hydroxyl groups is 1. The highest BCUT2D eigenvalue weighted by Gasteiger charge is 2.64. The normalized spacial score (nSPS) is 29.9. The highest BCUT2D eigenvalue weighted by molar-refractivity contribution is 6.26. The van der Waals surface area contributed by atoms with E-state index in [2.05, 4.69) is 0 Å². The second-order valence-electron chi connectivity index (χ2n) is 11.6. The van der Waals surface area contributed by atoms with Crippen molar-refractivity contribution >= 4 is 17.4 Å². The third-order valence-corrected chi connectivity index (χ3v) is 9.46. The minimum atomic E-state index is -4.89. The van der Waals surface area contributed by atoms with Gasteiger partial charge >= 0.3 is 6.18 Å². The third kappa shape index (κ3) is 4.15. The van der Waals surface area contributed by atoms with Crippen LogP contribution in [0.25, 0.3) is 0 Å². The summed E-state index contributed by atoms with van der Waals surface area (Å²) in [5, 5.41) is 30.6. The summed E-state index contributed by atoms with van der Waals surface area (Å²) < 4.78 is 69.8. The molecule has 5 rings (SSSR count). The SMILES string of the molecule is CCC12Cc3c(c(O)cc(CN4CC[C@@H](F)C4)c3C(F)(F)F)C(=O)C1=C(OC)[C@]1(OC)C(=N)C(C(N)=O)=C(O)C[C@@H]1C2. The first-order valence-electron chi connectivity index (χ1n) is 13.7. The van der Waals surface area contributed by atoms with Crippen LogP contribution in [0.3, 0.4) is 0 Å². The van der Waals surface area contributed by atoms with Gasteiger partial charge in [0, 0.05) is 50.1 Å². The van der Waals surface area contributed by atoms with Gasteiger partial charge in [-0.3, -0.25) is 14.5 Å². The summed E-state index contributed by atoms with van der Waals surface area (Å²) in [7, 11) is 2.47. The average Bonchev–Trinajstić information content (AvgIpc) is 3.30. The summed E-state index contributed by atoms with van der Waals surface area (Å²) in [5.41, 5.74) is -0.852. The number of nitrogens with one attached hydrogen (secondary N) is 1. The van der Waals surface area contributed by atoms with E-state index in [1.165, 1.54) is 14.2 Å². The molecule has 1 aliphatic heterocycles. The highest BCUT2D eigenvalue weighted by Crippen LogP contribution is 2.61. The maximum atomic E-state index is 14.8. The number of aliphatic hydroxyl groups excluding tert-OH is 1. The number of hydrogen-bond acceptors (Lipinski definition) is 8. The molecule has 0 radical (unpaired) electrons. The number of amides is 1. The van der Waals surface area contributed by atoms with Crippen LogP contribution in [0.5, 0.6) is 5.75 Å². The monoisotopic (exact) mass is 595 g/mol. The number of phenolic OH excluding ortho intramolecular Hbond substituents is 1. The zero-order valence-electron chi connectivity index (χ0n) is 23.5. The smallest absolute Gasteiger partial charge is 0.417 e. The number of benzene rings is 1. The van der Waals surface area contributed by atoms with Gasteiger partial charge in [-0.15, -0.1) is 0 Å². The fraction of sp³-hybridized carbons (Fsp3) is 0.552. The van der Waals surface area contributed by atoms with Crippen LogP contribution in [0.2, 0.25) is 0 Å². The van der Waals surface area contributed by atoms with Crippen LogP contribution in [-0.2, 0) is 33.4 Å². The first-order chi connectivity index (χ1) is 19.7. The van der Waals surface area contributed by atoms with Crippen LogP contribution < -0.4 is 5.73 Å². The van der Waals surface area contributed by atoms with Crippen molar-refractivity contribution in [3.8, 4) is 5.75 Å². The molecule has 1 aromatic rings. The van der Waals surface area contributed by atoms with E-state index in [4.69, 9.17) is 20.6 Å². The zero-order valence-corrected chi connectivity index (χ0v) is 23.5. The Morgan fingerprint density at radius 2 is 1.98 bits per heavy atom. The number of alkyl halides is 4. The van der Waals surface area contributed by atoms with Gasteiger partial charge in [-0.05, 0) is 42.9 Å². The van der Waals surface area contributed by atoms with E-state index in [0.717, 1.165) is 6.07 Å². The van der Waals surface area contributed by atoms with Crippen molar-refractivity contribution in [2.45, 2.75) is 63.5 Å². The molecule has 4 aliphatic rings. The Labute approximate surface area is 239 Å². The van der Waals surface area contributed by atoms with Crippen LogP contribution in [0.15, 0.2) is 28.7 Å². The number of ether oxygens (including phenoxy) is 2. The van der Waals surface area contributed by atoms with E-state index in [0.29, 0.717) is 0 Å². The maximum absolute atomic E-state index is 14.8. The number of rotatable bonds is 6. The highest BCUT2D eigenvalue weighted by atomic mass is 19.4. The van der Waals surface area contributed by atoms with Crippen molar-refractivity contribution in [2.75, 3.05) is 27.3 Å². The second kappa shape index (κ2) is 10.1. The molecule has 42 heavy (non-hydrogen) atoms. The van der Waals surface area contributed by atoms with Gasteiger partial charge in [-0.25, -0.2) is 4.39 Å². The lowest BCUT2D eigenvalue weighted by Gasteiger charge is -2.54. The zero-order chi connectivity index (χ0) is 30.9. The topological polar surface area (TPSA) is 146 Å². The number of halogens is 4. The van der Waals surface area contributed by atoms with Gasteiger partial charge in [0.1, 0.15) is 29.0 Å². The number of primary amides is 1. The van der Waals surface area contributed by atoms with Crippen molar-refractivity contribution in [1.29, 1.82) is 5.41 Å². The Morgan fingerprint density at radius 1 is 1.29 bits per heavy atom. The van der Waals surface area contributed by atoms with E-state index in [1.54, 1.807) is 11.8 Å². The second-order valence-corrected chi connectivity index (χ2v) is 11.6. The molecular weight excluding hydrogens is 562 g/mol. The number of nitrogens with two attached hydrogens (primary N) is 1. The van der Waals surface area contributed by atoms with Gasteiger partial charge < -0.3 is 30.8 Å². The van der Waals surface area contributed by atoms with Gasteiger partial charge in [0.05, 0.1) is 23.9 Å². The molecule has 1 amide bonds. The summed E-state index contributed by atoms with van der Waals surface area (Å²) in [6.45, 7) is 1.69. The molecule has 1 heterocycles. The number of likely N-dealkylation sites (tertiary alicyclic amines) is 1. The van der Waals surface area contributed by atoms with Crippen molar-refractivity contribution in [3.63, 3.8) is 0 Å². The summed E-state index contributed by atoms with van der Waals surface area (Å²) >= 11 is 0. The quantitative estimate of drug-likeness (QED) is 0.362. The summed E-state index contributed by atoms with van der Waals surface area (Å²) in [6, 6.07) is 0.920. The largest absolute Gasteiger partial charge is 0.511 e. The minimum Gasteiger partial charge on any atom is -0.511 e. The molecule has 9 nitrogen and oxygen atoms in total. The molecular formula is C29H33F4N3O6. The molecule has 3 aliphatic carbocycles. The first-order valence-corrected chi connectivity index (χ1v) is 13.7. The molecule has 4 atom stereocenters. The molecule has 1 fully saturated rings. The maximum Gasteiger partial charge on any atom is 0.417 e. The van der Waals surface area contributed by atoms with Crippen LogP contribution >= 0.6 is 0 Å². The number of fused-ring (bicyclic) bond motifs is 3. The summed E-state index contributed by atoms with van der Waals surface area (Å²) in [4.78, 5) is 28.0. The number of phenols is 1. The number of allylic oxidation sites excluding steroid dienone is 2. The molecule has 228 valence electrons. The van der Waals surface area contributed by atoms with Gasteiger partial charge in [0.25, 0.3) is 5.91 Å². The van der Waals surface area contributed by atoms with Gasteiger partial charge in [-0.2, -0.15) is 13.2 Å². The van der Waals surface area contributed by atoms with E-state index < -0.39 is 74.9 Å². The standard InChI is InChI=1S/C29H33F4N3O6/c1-4-27-9-14-8-18(38)20(26(35)40)24(34)28(14,42-3)25(41-2)22(27)23(39)19-16(10-27)21(29(31,32)33)13(7-17(19)37)11-36-6-5-15(30)12-36/h7,14-15,34,37-38H,4-6,8-12H2,1-3H3,(H2,35,40)/t14-,15-,27?,28-/m1/s1. The Balaban J connectivity index is 1.77. The molecule has 0 bridgehead atoms. The van der Waals surface area contributed by atoms with Gasteiger partial charge in [0.2, 0.25) is 0 Å². The number of methoxy groups -OCH3 is 2. The molecule has 0 saturated carbocycles. The van der Waals surface area contributed by atoms with Crippen molar-refractivity contribution in [1.82, 2.24) is 4.90 Å². The Bertz CT molecular complexity index is 1450. The van der Waals surface area contributed by atoms with Crippen molar-refractivity contribution in [3.05, 3.63) is 51.0 Å². The average molecular weight is 596 g/mol. The number of carbonyl (C=O) groups excluding carboxylic acids is 2. The molecule has 5 N–H and O–H groups in total. The molecule has 0 aromatic heterocycles. The molecule has 0 spiro atoms. The number of carbonyl (C=O) groups is 2. The van der Waals surface area contributed by atoms with E-state index >= 15 is 0 Å². The lowest BCUT2D eigenvalue weighted by atomic mass is 9.52. The van der Waals surface area contributed by atoms with Crippen LogP contribution in [0.1, 0.15) is 59.7 Å². The number of ketones is 1. The van der Waals surface area contributed by atoms with Crippen LogP contribution in [-0.4, -0.2) is 71.6 Å². The first kappa shape index (κ1) is 30.0. The molecule has 1 saturated heterocycles. The summed E-state index contributed by atoms with van der Waals surface area (Å²) in [5.74, 6) is -4.06. The Kier molecular flexibility index (Phi) is 7.20. The summed E-state index contributed by atoms with van der Waals surface area (Å²) in [6.07, 6.45) is -6.18. The fourth-order valence-corrected chi connectivity index (χ4v) is 7.68. The number of aromatic hydroxyl groups is 1. The van der Waals surface area contributed by atoms with Gasteiger partial charge in [-0.1, -0.05) is 6.92 Å². The van der Waals surface area contributed by atoms with E-state index in [9.17, 15) is 37.4 Å². The lowest BCUT2D eigenvalue weighted by molar-refractivity contribution is -0.139. The minimum absolute atomic E-state index is 0.00113. The lowest BCUT2D eigenvalue weighted by Crippen LogP contribution is -2.60. The van der Waals surface area contributed by atoms with Crippen molar-refractivity contribution < 1.29 is 46.8 Å². The number of hydrogen-bond donors (Lipinski definition) is 4.